The van der Waals surface area contributed by atoms with Crippen molar-refractivity contribution in [2.75, 3.05) is 0 Å². The highest BCUT2D eigenvalue weighted by Gasteiger charge is 2.23. The van der Waals surface area contributed by atoms with Crippen molar-refractivity contribution >= 4 is 5.78 Å². The highest BCUT2D eigenvalue weighted by molar-refractivity contribution is 5.98. The molecule has 0 radical (unpaired) electrons. The minimum Gasteiger partial charge on any atom is -0.347 e. The molecule has 0 bridgehead atoms. The van der Waals surface area contributed by atoms with E-state index >= 15 is 0 Å². The molecule has 2 aliphatic carbocycles. The molecule has 3 rings (SSSR count). The van der Waals surface area contributed by atoms with Gasteiger partial charge in [0.15, 0.2) is 5.78 Å². The van der Waals surface area contributed by atoms with Gasteiger partial charge in [-0.25, -0.2) is 0 Å². The topological polar surface area (TPSA) is 22.0 Å². The van der Waals surface area contributed by atoms with E-state index in [9.17, 15) is 4.79 Å². The number of rotatable bonds is 1. The number of ketones is 1. The number of carbonyl (C=O) groups excluding carboxylic acids is 1. The molecular formula is C13H15NO. The predicted molar refractivity (Wildman–Crippen MR) is 59.1 cm³/mol. The summed E-state index contributed by atoms with van der Waals surface area (Å²) in [6.07, 6.45) is 11.7. The Morgan fingerprint density at radius 1 is 1.20 bits per heavy atom. The predicted octanol–water partition coefficient (Wildman–Crippen LogP) is 2.90. The summed E-state index contributed by atoms with van der Waals surface area (Å²) in [6, 6.07) is 2.58. The van der Waals surface area contributed by atoms with E-state index in [0.717, 1.165) is 37.7 Å². The van der Waals surface area contributed by atoms with Gasteiger partial charge in [-0.1, -0.05) is 12.2 Å². The molecule has 2 aliphatic rings. The molecule has 0 unspecified atom stereocenters. The van der Waals surface area contributed by atoms with Gasteiger partial charge in [0.05, 0.1) is 0 Å². The SMILES string of the molecule is O=C1CCCc2c1ccn2C1CC=CC1. The highest BCUT2D eigenvalue weighted by Crippen LogP contribution is 2.30. The molecule has 0 amide bonds. The third kappa shape index (κ3) is 1.36. The van der Waals surface area contributed by atoms with Gasteiger partial charge in [-0.2, -0.15) is 0 Å². The molecule has 0 N–H and O–H groups in total. The van der Waals surface area contributed by atoms with Gasteiger partial charge in [-0.05, 0) is 31.7 Å². The Bertz CT molecular complexity index is 420. The first-order valence-corrected chi connectivity index (χ1v) is 5.74. The van der Waals surface area contributed by atoms with Crippen LogP contribution in [0.1, 0.15) is 47.8 Å². The van der Waals surface area contributed by atoms with Gasteiger partial charge >= 0.3 is 0 Å². The molecule has 2 nitrogen and oxygen atoms in total. The van der Waals surface area contributed by atoms with Crippen LogP contribution in [0, 0.1) is 0 Å². The van der Waals surface area contributed by atoms with Gasteiger partial charge in [-0.15, -0.1) is 0 Å². The first-order valence-electron chi connectivity index (χ1n) is 5.74. The summed E-state index contributed by atoms with van der Waals surface area (Å²) in [5.74, 6) is 0.334. The summed E-state index contributed by atoms with van der Waals surface area (Å²) in [5, 5.41) is 0. The Morgan fingerprint density at radius 2 is 2.00 bits per heavy atom. The van der Waals surface area contributed by atoms with Crippen molar-refractivity contribution in [3.8, 4) is 0 Å². The van der Waals surface area contributed by atoms with Crippen molar-refractivity contribution < 1.29 is 4.79 Å². The van der Waals surface area contributed by atoms with E-state index in [4.69, 9.17) is 0 Å². The van der Waals surface area contributed by atoms with Gasteiger partial charge in [-0.3, -0.25) is 4.79 Å². The minimum absolute atomic E-state index is 0.334. The van der Waals surface area contributed by atoms with Gasteiger partial charge in [0.25, 0.3) is 0 Å². The van der Waals surface area contributed by atoms with E-state index in [2.05, 4.69) is 22.9 Å². The van der Waals surface area contributed by atoms with Crippen molar-refractivity contribution in [1.82, 2.24) is 4.57 Å². The lowest BCUT2D eigenvalue weighted by atomic mass is 9.96. The van der Waals surface area contributed by atoms with Crippen LogP contribution in [0.4, 0.5) is 0 Å². The number of carbonyl (C=O) groups is 1. The summed E-state index contributed by atoms with van der Waals surface area (Å²) >= 11 is 0. The lowest BCUT2D eigenvalue weighted by Gasteiger charge is -2.19. The van der Waals surface area contributed by atoms with Crippen LogP contribution in [0.15, 0.2) is 24.4 Å². The summed E-state index contributed by atoms with van der Waals surface area (Å²) in [5.41, 5.74) is 2.26. The molecule has 78 valence electrons. The van der Waals surface area contributed by atoms with E-state index in [1.54, 1.807) is 0 Å². The lowest BCUT2D eigenvalue weighted by Crippen LogP contribution is -2.15. The van der Waals surface area contributed by atoms with E-state index in [0.29, 0.717) is 11.8 Å². The fraction of sp³-hybridized carbons (Fsp3) is 0.462. The van der Waals surface area contributed by atoms with Crippen molar-refractivity contribution in [2.24, 2.45) is 0 Å². The zero-order chi connectivity index (χ0) is 10.3. The average molecular weight is 201 g/mol. The second-order valence-corrected chi connectivity index (χ2v) is 4.46. The van der Waals surface area contributed by atoms with E-state index < -0.39 is 0 Å². The number of fused-ring (bicyclic) bond motifs is 1. The summed E-state index contributed by atoms with van der Waals surface area (Å²) < 4.78 is 2.33. The molecule has 0 saturated heterocycles. The number of hydrogen-bond acceptors (Lipinski definition) is 1. The quantitative estimate of drug-likeness (QED) is 0.640. The number of hydrogen-bond donors (Lipinski definition) is 0. The third-order valence-electron chi connectivity index (χ3n) is 3.52. The molecule has 1 aromatic rings. The van der Waals surface area contributed by atoms with Crippen LogP contribution in [0.2, 0.25) is 0 Å². The second-order valence-electron chi connectivity index (χ2n) is 4.46. The Morgan fingerprint density at radius 3 is 2.80 bits per heavy atom. The van der Waals surface area contributed by atoms with E-state index in [1.165, 1.54) is 5.69 Å². The van der Waals surface area contributed by atoms with Crippen molar-refractivity contribution in [3.63, 3.8) is 0 Å². The fourth-order valence-electron chi connectivity index (χ4n) is 2.72. The molecule has 0 aliphatic heterocycles. The van der Waals surface area contributed by atoms with Crippen LogP contribution in [0.3, 0.4) is 0 Å². The van der Waals surface area contributed by atoms with E-state index in [-0.39, 0.29) is 0 Å². The van der Waals surface area contributed by atoms with Crippen LogP contribution in [-0.2, 0) is 6.42 Å². The maximum Gasteiger partial charge on any atom is 0.164 e. The summed E-state index contributed by atoms with van der Waals surface area (Å²) in [6.45, 7) is 0. The molecule has 0 saturated carbocycles. The Kier molecular flexibility index (Phi) is 2.01. The monoisotopic (exact) mass is 201 g/mol. The van der Waals surface area contributed by atoms with Crippen LogP contribution in [0.5, 0.6) is 0 Å². The maximum atomic E-state index is 11.7. The van der Waals surface area contributed by atoms with Crippen LogP contribution in [0.25, 0.3) is 0 Å². The number of allylic oxidation sites excluding steroid dienone is 2. The number of aromatic nitrogens is 1. The summed E-state index contributed by atoms with van der Waals surface area (Å²) in [4.78, 5) is 11.7. The van der Waals surface area contributed by atoms with Crippen molar-refractivity contribution in [3.05, 3.63) is 35.7 Å². The lowest BCUT2D eigenvalue weighted by molar-refractivity contribution is 0.0971. The zero-order valence-corrected chi connectivity index (χ0v) is 8.78. The molecule has 2 heteroatoms. The molecule has 0 fully saturated rings. The Hall–Kier alpha value is -1.31. The molecule has 1 heterocycles. The maximum absolute atomic E-state index is 11.7. The third-order valence-corrected chi connectivity index (χ3v) is 3.52. The number of Topliss-reactive ketones (excluding diaryl/α,β-unsaturated/α-hetero) is 1. The minimum atomic E-state index is 0.334. The van der Waals surface area contributed by atoms with Crippen LogP contribution in [-0.4, -0.2) is 10.4 Å². The smallest absolute Gasteiger partial charge is 0.164 e. The molecular weight excluding hydrogens is 186 g/mol. The second kappa shape index (κ2) is 3.37. The zero-order valence-electron chi connectivity index (χ0n) is 8.78. The van der Waals surface area contributed by atoms with Crippen molar-refractivity contribution in [2.45, 2.75) is 38.1 Å². The highest BCUT2D eigenvalue weighted by atomic mass is 16.1. The normalized spacial score (nSPS) is 20.9. The van der Waals surface area contributed by atoms with E-state index in [1.807, 2.05) is 6.07 Å². The largest absolute Gasteiger partial charge is 0.347 e. The first kappa shape index (κ1) is 8.96. The van der Waals surface area contributed by atoms with Gasteiger partial charge in [0, 0.05) is 29.9 Å². The molecule has 0 spiro atoms. The first-order chi connectivity index (χ1) is 7.36. The average Bonchev–Trinajstić information content (AvgIpc) is 2.85. The Balaban J connectivity index is 1.99. The van der Waals surface area contributed by atoms with Crippen LogP contribution < -0.4 is 0 Å². The number of nitrogens with zero attached hydrogens (tertiary/aromatic N) is 1. The molecule has 15 heavy (non-hydrogen) atoms. The van der Waals surface area contributed by atoms with Crippen molar-refractivity contribution in [1.29, 1.82) is 0 Å². The Labute approximate surface area is 89.6 Å². The standard InChI is InChI=1S/C13H15NO/c15-13-7-3-6-12-11(13)8-9-14(12)10-4-1-2-5-10/h1-2,8-10H,3-7H2. The fourth-order valence-corrected chi connectivity index (χ4v) is 2.72. The summed E-state index contributed by atoms with van der Waals surface area (Å²) in [7, 11) is 0. The van der Waals surface area contributed by atoms with Gasteiger partial charge in [0.1, 0.15) is 0 Å². The van der Waals surface area contributed by atoms with Gasteiger partial charge in [0.2, 0.25) is 0 Å². The van der Waals surface area contributed by atoms with Gasteiger partial charge < -0.3 is 4.57 Å². The molecule has 0 atom stereocenters. The molecule has 0 aromatic carbocycles. The van der Waals surface area contributed by atoms with Crippen LogP contribution >= 0.6 is 0 Å². The molecule has 1 aromatic heterocycles.